The van der Waals surface area contributed by atoms with Gasteiger partial charge in [0.15, 0.2) is 0 Å². The predicted octanol–water partition coefficient (Wildman–Crippen LogP) is 3.19. The number of halogens is 1. The molecule has 0 aromatic heterocycles. The summed E-state index contributed by atoms with van der Waals surface area (Å²) in [6, 6.07) is 9.39. The number of fused-ring (bicyclic) bond motifs is 1. The fourth-order valence-electron chi connectivity index (χ4n) is 3.93. The van der Waals surface area contributed by atoms with Crippen LogP contribution in [-0.4, -0.2) is 54.9 Å². The third kappa shape index (κ3) is 3.95. The number of hydrazone groups is 1. The van der Waals surface area contributed by atoms with Crippen LogP contribution < -0.4 is 10.3 Å². The largest absolute Gasteiger partial charge is 0.507 e. The lowest BCUT2D eigenvalue weighted by Crippen LogP contribution is -2.44. The van der Waals surface area contributed by atoms with E-state index >= 15 is 0 Å². The van der Waals surface area contributed by atoms with Gasteiger partial charge in [0.25, 0.3) is 5.91 Å². The van der Waals surface area contributed by atoms with Crippen molar-refractivity contribution >= 4 is 28.9 Å². The molecule has 0 radical (unpaired) electrons. The first-order valence-electron chi connectivity index (χ1n) is 9.86. The fraction of sp³-hybridized carbons (Fsp3) is 0.364. The van der Waals surface area contributed by atoms with Crippen molar-refractivity contribution in [1.29, 1.82) is 0 Å². The van der Waals surface area contributed by atoms with Crippen molar-refractivity contribution in [2.45, 2.75) is 19.8 Å². The quantitative estimate of drug-likeness (QED) is 0.760. The Kier molecular flexibility index (Phi) is 5.48. The average molecular weight is 413 g/mol. The highest BCUT2D eigenvalue weighted by Gasteiger charge is 2.26. The van der Waals surface area contributed by atoms with Gasteiger partial charge in [-0.15, -0.1) is 0 Å². The van der Waals surface area contributed by atoms with Gasteiger partial charge in [-0.2, -0.15) is 5.10 Å². The molecule has 6 nitrogen and oxygen atoms in total. The van der Waals surface area contributed by atoms with Crippen LogP contribution in [0.5, 0.6) is 5.75 Å². The summed E-state index contributed by atoms with van der Waals surface area (Å²) in [5.74, 6) is -0.0767. The van der Waals surface area contributed by atoms with Gasteiger partial charge in [0.05, 0.1) is 5.71 Å². The van der Waals surface area contributed by atoms with Crippen LogP contribution in [0.25, 0.3) is 0 Å². The highest BCUT2D eigenvalue weighted by atomic mass is 35.5. The van der Waals surface area contributed by atoms with Crippen LogP contribution in [-0.2, 0) is 6.42 Å². The van der Waals surface area contributed by atoms with Crippen molar-refractivity contribution in [1.82, 2.24) is 10.3 Å². The molecule has 2 aromatic carbocycles. The van der Waals surface area contributed by atoms with Gasteiger partial charge in [0.1, 0.15) is 5.75 Å². The second kappa shape index (κ2) is 8.05. The molecule has 4 rings (SSSR count). The number of nitrogens with one attached hydrogen (secondary N) is 1. The Hall–Kier alpha value is -2.57. The van der Waals surface area contributed by atoms with E-state index < -0.39 is 0 Å². The number of likely N-dealkylation sites (N-methyl/N-ethyl adjacent to an activating group) is 1. The third-order valence-corrected chi connectivity index (χ3v) is 6.05. The lowest BCUT2D eigenvalue weighted by atomic mass is 10.0. The van der Waals surface area contributed by atoms with Crippen LogP contribution in [0.2, 0.25) is 5.02 Å². The Morgan fingerprint density at radius 1 is 1.17 bits per heavy atom. The zero-order valence-electron chi connectivity index (χ0n) is 16.7. The van der Waals surface area contributed by atoms with E-state index in [1.54, 1.807) is 19.1 Å². The minimum absolute atomic E-state index is 0.187. The molecule has 1 heterocycles. The number of phenolic OH excluding ortho intramolecular Hbond substituents is 1. The highest BCUT2D eigenvalue weighted by molar-refractivity contribution is 6.32. The van der Waals surface area contributed by atoms with E-state index in [0.29, 0.717) is 40.3 Å². The van der Waals surface area contributed by atoms with Crippen LogP contribution >= 0.6 is 11.6 Å². The van der Waals surface area contributed by atoms with Crippen LogP contribution in [0, 0.1) is 6.92 Å². The highest BCUT2D eigenvalue weighted by Crippen LogP contribution is 2.37. The second-order valence-electron chi connectivity index (χ2n) is 7.72. The molecule has 0 atom stereocenters. The minimum atomic E-state index is -0.264. The molecule has 7 heteroatoms. The Morgan fingerprint density at radius 3 is 2.69 bits per heavy atom. The lowest BCUT2D eigenvalue weighted by molar-refractivity contribution is 0.0955. The van der Waals surface area contributed by atoms with E-state index in [0.717, 1.165) is 37.4 Å². The van der Waals surface area contributed by atoms with E-state index in [2.05, 4.69) is 27.4 Å². The summed E-state index contributed by atoms with van der Waals surface area (Å²) in [6.45, 7) is 5.71. The molecule has 0 bridgehead atoms. The lowest BCUT2D eigenvalue weighted by Gasteiger charge is -2.34. The SMILES string of the molecule is Cc1cc(Cl)c2c(c1O)/C(=N/NC(=O)c1cccc(N3CCN(C)CC3)c1)CC2. The number of rotatable bonds is 3. The summed E-state index contributed by atoms with van der Waals surface area (Å²) in [7, 11) is 2.12. The molecule has 2 N–H and O–H groups in total. The van der Waals surface area contributed by atoms with Crippen LogP contribution in [0.15, 0.2) is 35.4 Å². The monoisotopic (exact) mass is 412 g/mol. The number of benzene rings is 2. The van der Waals surface area contributed by atoms with E-state index in [1.807, 2.05) is 18.2 Å². The Morgan fingerprint density at radius 2 is 1.93 bits per heavy atom. The van der Waals surface area contributed by atoms with Crippen LogP contribution in [0.3, 0.4) is 0 Å². The van der Waals surface area contributed by atoms with E-state index in [1.165, 1.54) is 0 Å². The molecule has 152 valence electrons. The number of piperazine rings is 1. The van der Waals surface area contributed by atoms with Crippen molar-refractivity contribution in [3.8, 4) is 5.75 Å². The van der Waals surface area contributed by atoms with Crippen LogP contribution in [0.1, 0.15) is 33.5 Å². The topological polar surface area (TPSA) is 68.2 Å². The molecular formula is C22H25ClN4O2. The number of carbonyl (C=O) groups is 1. The number of carbonyl (C=O) groups excluding carboxylic acids is 1. The summed E-state index contributed by atoms with van der Waals surface area (Å²) < 4.78 is 0. The molecule has 2 aliphatic rings. The number of anilines is 1. The van der Waals surface area contributed by atoms with E-state index in [4.69, 9.17) is 11.6 Å². The van der Waals surface area contributed by atoms with Crippen molar-refractivity contribution < 1.29 is 9.90 Å². The fourth-order valence-corrected chi connectivity index (χ4v) is 4.28. The van der Waals surface area contributed by atoms with Gasteiger partial charge in [-0.25, -0.2) is 5.43 Å². The van der Waals surface area contributed by atoms with Gasteiger partial charge < -0.3 is 14.9 Å². The number of hydrogen-bond acceptors (Lipinski definition) is 5. The average Bonchev–Trinajstić information content (AvgIpc) is 3.16. The molecule has 1 aliphatic carbocycles. The standard InChI is InChI=1S/C22H25ClN4O2/c1-14-12-18(23)17-6-7-19(20(17)21(14)28)24-25-22(29)15-4-3-5-16(13-15)27-10-8-26(2)9-11-27/h3-5,12-13,28H,6-11H2,1-2H3,(H,25,29)/b24-19+. The third-order valence-electron chi connectivity index (χ3n) is 5.71. The number of aromatic hydroxyl groups is 1. The molecule has 0 saturated carbocycles. The number of hydrogen-bond donors (Lipinski definition) is 2. The number of aryl methyl sites for hydroxylation is 1. The van der Waals surface area contributed by atoms with Gasteiger partial charge in [0, 0.05) is 48.0 Å². The van der Waals surface area contributed by atoms with E-state index in [9.17, 15) is 9.90 Å². The van der Waals surface area contributed by atoms with Crippen molar-refractivity contribution in [2.75, 3.05) is 38.1 Å². The van der Waals surface area contributed by atoms with Crippen molar-refractivity contribution in [3.05, 3.63) is 57.6 Å². The summed E-state index contributed by atoms with van der Waals surface area (Å²) in [5.41, 5.74) is 7.17. The summed E-state index contributed by atoms with van der Waals surface area (Å²) in [6.07, 6.45) is 1.34. The molecule has 1 saturated heterocycles. The summed E-state index contributed by atoms with van der Waals surface area (Å²) in [4.78, 5) is 17.3. The molecule has 29 heavy (non-hydrogen) atoms. The maximum Gasteiger partial charge on any atom is 0.271 e. The van der Waals surface area contributed by atoms with Crippen LogP contribution in [0.4, 0.5) is 5.69 Å². The Labute approximate surface area is 175 Å². The smallest absolute Gasteiger partial charge is 0.271 e. The van der Waals surface area contributed by atoms with E-state index in [-0.39, 0.29) is 11.7 Å². The molecule has 1 aliphatic heterocycles. The Balaban J connectivity index is 1.51. The molecule has 1 amide bonds. The van der Waals surface area contributed by atoms with Crippen molar-refractivity contribution in [3.63, 3.8) is 0 Å². The molecule has 0 unspecified atom stereocenters. The number of phenols is 1. The molecular weight excluding hydrogens is 388 g/mol. The first-order valence-corrected chi connectivity index (χ1v) is 10.2. The van der Waals surface area contributed by atoms with Gasteiger partial charge >= 0.3 is 0 Å². The number of nitrogens with zero attached hydrogens (tertiary/aromatic N) is 3. The predicted molar refractivity (Wildman–Crippen MR) is 116 cm³/mol. The van der Waals surface area contributed by atoms with Gasteiger partial charge in [0.2, 0.25) is 0 Å². The second-order valence-corrected chi connectivity index (χ2v) is 8.12. The molecule has 2 aromatic rings. The van der Waals surface area contributed by atoms with Gasteiger partial charge in [-0.05, 0) is 62.2 Å². The zero-order chi connectivity index (χ0) is 20.5. The minimum Gasteiger partial charge on any atom is -0.507 e. The molecule has 0 spiro atoms. The molecule has 1 fully saturated rings. The first kappa shape index (κ1) is 19.7. The van der Waals surface area contributed by atoms with Gasteiger partial charge in [-0.1, -0.05) is 17.7 Å². The van der Waals surface area contributed by atoms with Gasteiger partial charge in [-0.3, -0.25) is 4.79 Å². The Bertz CT molecular complexity index is 981. The maximum absolute atomic E-state index is 12.7. The summed E-state index contributed by atoms with van der Waals surface area (Å²) >= 11 is 6.31. The maximum atomic E-state index is 12.7. The zero-order valence-corrected chi connectivity index (χ0v) is 17.5. The number of amides is 1. The normalized spacial score (nSPS) is 18.2. The first-order chi connectivity index (χ1) is 13.9. The summed E-state index contributed by atoms with van der Waals surface area (Å²) in [5, 5.41) is 15.4. The van der Waals surface area contributed by atoms with Crippen molar-refractivity contribution in [2.24, 2.45) is 5.10 Å².